The molecule has 0 spiro atoms. The molecule has 1 fully saturated rings. The fraction of sp³-hybridized carbons (Fsp3) is 0.462. The molecule has 0 radical (unpaired) electrons. The summed E-state index contributed by atoms with van der Waals surface area (Å²) in [7, 11) is -2.97. The molecule has 1 aromatic carbocycles. The zero-order valence-electron chi connectivity index (χ0n) is 10.6. The molecule has 1 aliphatic heterocycles. The van der Waals surface area contributed by atoms with Gasteiger partial charge in [0.2, 0.25) is 5.91 Å². The van der Waals surface area contributed by atoms with Crippen LogP contribution in [0.25, 0.3) is 0 Å². The Morgan fingerprint density at radius 2 is 1.84 bits per heavy atom. The molecule has 0 aliphatic carbocycles. The number of nitrogens with zero attached hydrogens (tertiary/aromatic N) is 1. The van der Waals surface area contributed by atoms with Crippen molar-refractivity contribution in [3.05, 3.63) is 29.8 Å². The second-order valence-electron chi connectivity index (χ2n) is 4.73. The van der Waals surface area contributed by atoms with E-state index in [2.05, 4.69) is 12.6 Å². The summed E-state index contributed by atoms with van der Waals surface area (Å²) < 4.78 is 23.0. The second-order valence-corrected chi connectivity index (χ2v) is 7.55. The van der Waals surface area contributed by atoms with Gasteiger partial charge in [0.05, 0.1) is 17.9 Å². The molecule has 4 nitrogen and oxygen atoms in total. The minimum atomic E-state index is -2.97. The van der Waals surface area contributed by atoms with Crippen LogP contribution in [0.3, 0.4) is 0 Å². The Bertz CT molecular complexity index is 552. The van der Waals surface area contributed by atoms with Gasteiger partial charge >= 0.3 is 0 Å². The summed E-state index contributed by atoms with van der Waals surface area (Å²) in [5, 5.41) is 0. The quantitative estimate of drug-likeness (QED) is 0.834. The number of carbonyl (C=O) groups excluding carboxylic acids is 1. The average molecular weight is 299 g/mol. The van der Waals surface area contributed by atoms with Crippen LogP contribution in [0.15, 0.2) is 29.2 Å². The maximum atomic E-state index is 12.1. The Hall–Kier alpha value is -1.01. The Labute approximate surface area is 119 Å². The normalized spacial score (nSPS) is 18.9. The van der Waals surface area contributed by atoms with Gasteiger partial charge in [-0.05, 0) is 24.1 Å². The highest BCUT2D eigenvalue weighted by molar-refractivity contribution is 7.91. The van der Waals surface area contributed by atoms with Crippen molar-refractivity contribution in [1.82, 2.24) is 4.90 Å². The third-order valence-corrected chi connectivity index (χ3v) is 5.21. The van der Waals surface area contributed by atoms with Gasteiger partial charge in [-0.3, -0.25) is 4.79 Å². The van der Waals surface area contributed by atoms with E-state index in [0.29, 0.717) is 25.9 Å². The number of hydrogen-bond acceptors (Lipinski definition) is 4. The molecule has 0 aromatic heterocycles. The van der Waals surface area contributed by atoms with Crippen molar-refractivity contribution >= 4 is 28.4 Å². The SMILES string of the molecule is O=C(Cc1ccc(S)cc1)N1CCCS(=O)(=O)CC1. The molecule has 6 heteroatoms. The van der Waals surface area contributed by atoms with Crippen molar-refractivity contribution in [1.29, 1.82) is 0 Å². The highest BCUT2D eigenvalue weighted by atomic mass is 32.2. The van der Waals surface area contributed by atoms with E-state index < -0.39 is 9.84 Å². The maximum Gasteiger partial charge on any atom is 0.227 e. The average Bonchev–Trinajstić information content (AvgIpc) is 2.53. The van der Waals surface area contributed by atoms with Gasteiger partial charge in [-0.15, -0.1) is 12.6 Å². The highest BCUT2D eigenvalue weighted by Gasteiger charge is 2.22. The first-order valence-corrected chi connectivity index (χ1v) is 8.49. The van der Waals surface area contributed by atoms with Gasteiger partial charge < -0.3 is 4.90 Å². The van der Waals surface area contributed by atoms with Crippen LogP contribution in [-0.4, -0.2) is 43.8 Å². The zero-order valence-corrected chi connectivity index (χ0v) is 12.3. The van der Waals surface area contributed by atoms with Gasteiger partial charge in [-0.1, -0.05) is 12.1 Å². The summed E-state index contributed by atoms with van der Waals surface area (Å²) >= 11 is 4.20. The van der Waals surface area contributed by atoms with Crippen LogP contribution >= 0.6 is 12.6 Å². The van der Waals surface area contributed by atoms with E-state index in [0.717, 1.165) is 10.5 Å². The molecule has 1 aromatic rings. The summed E-state index contributed by atoms with van der Waals surface area (Å²) in [4.78, 5) is 14.6. The molecule has 1 amide bonds. The second kappa shape index (κ2) is 5.96. The number of amides is 1. The molecule has 0 saturated carbocycles. The van der Waals surface area contributed by atoms with Crippen molar-refractivity contribution in [2.24, 2.45) is 0 Å². The number of carbonyl (C=O) groups is 1. The maximum absolute atomic E-state index is 12.1. The molecule has 104 valence electrons. The lowest BCUT2D eigenvalue weighted by atomic mass is 10.1. The van der Waals surface area contributed by atoms with E-state index in [1.807, 2.05) is 24.3 Å². The van der Waals surface area contributed by atoms with Crippen LogP contribution in [-0.2, 0) is 21.1 Å². The number of benzene rings is 1. The minimum Gasteiger partial charge on any atom is -0.341 e. The molecular formula is C13H17NO3S2. The molecule has 1 heterocycles. The summed E-state index contributed by atoms with van der Waals surface area (Å²) in [6, 6.07) is 7.43. The molecule has 0 N–H and O–H groups in total. The first-order chi connectivity index (χ1) is 8.96. The van der Waals surface area contributed by atoms with E-state index in [4.69, 9.17) is 0 Å². The van der Waals surface area contributed by atoms with Crippen molar-refractivity contribution in [3.8, 4) is 0 Å². The van der Waals surface area contributed by atoms with Crippen LogP contribution in [0.1, 0.15) is 12.0 Å². The van der Waals surface area contributed by atoms with Gasteiger partial charge in [0, 0.05) is 18.0 Å². The topological polar surface area (TPSA) is 54.5 Å². The summed E-state index contributed by atoms with van der Waals surface area (Å²) in [6.45, 7) is 0.842. The minimum absolute atomic E-state index is 0.0102. The Balaban J connectivity index is 1.98. The van der Waals surface area contributed by atoms with E-state index in [-0.39, 0.29) is 17.4 Å². The zero-order chi connectivity index (χ0) is 13.9. The fourth-order valence-corrected chi connectivity index (χ4v) is 3.51. The smallest absolute Gasteiger partial charge is 0.227 e. The van der Waals surface area contributed by atoms with Gasteiger partial charge in [0.1, 0.15) is 0 Å². The molecule has 0 unspecified atom stereocenters. The lowest BCUT2D eigenvalue weighted by Crippen LogP contribution is -2.34. The van der Waals surface area contributed by atoms with Crippen LogP contribution in [0.2, 0.25) is 0 Å². The van der Waals surface area contributed by atoms with Gasteiger partial charge in [0.15, 0.2) is 9.84 Å². The van der Waals surface area contributed by atoms with E-state index in [1.165, 1.54) is 0 Å². The predicted molar refractivity (Wildman–Crippen MR) is 77.2 cm³/mol. The van der Waals surface area contributed by atoms with Gasteiger partial charge in [0.25, 0.3) is 0 Å². The largest absolute Gasteiger partial charge is 0.341 e. The molecule has 1 aliphatic rings. The molecule has 0 bridgehead atoms. The number of hydrogen-bond donors (Lipinski definition) is 1. The Morgan fingerprint density at radius 3 is 2.53 bits per heavy atom. The molecule has 0 atom stereocenters. The molecule has 1 saturated heterocycles. The van der Waals surface area contributed by atoms with Crippen LogP contribution in [0.4, 0.5) is 0 Å². The van der Waals surface area contributed by atoms with Crippen molar-refractivity contribution in [3.63, 3.8) is 0 Å². The van der Waals surface area contributed by atoms with Crippen LogP contribution in [0.5, 0.6) is 0 Å². The molecular weight excluding hydrogens is 282 g/mol. The summed E-state index contributed by atoms with van der Waals surface area (Å²) in [5.41, 5.74) is 0.926. The first kappa shape index (κ1) is 14.4. The number of thiol groups is 1. The van der Waals surface area contributed by atoms with Gasteiger partial charge in [-0.25, -0.2) is 8.42 Å². The summed E-state index contributed by atoms with van der Waals surface area (Å²) in [6.07, 6.45) is 0.845. The predicted octanol–water partition coefficient (Wildman–Crippen LogP) is 1.16. The van der Waals surface area contributed by atoms with E-state index >= 15 is 0 Å². The first-order valence-electron chi connectivity index (χ1n) is 6.22. The summed E-state index contributed by atoms with van der Waals surface area (Å²) in [5.74, 6) is 0.253. The number of rotatable bonds is 2. The van der Waals surface area contributed by atoms with Crippen LogP contribution < -0.4 is 0 Å². The molecule has 2 rings (SSSR count). The Morgan fingerprint density at radius 1 is 1.16 bits per heavy atom. The standard InChI is InChI=1S/C13H17NO3S2/c15-13(10-11-2-4-12(18)5-3-11)14-6-1-8-19(16,17)9-7-14/h2-5,18H,1,6-10H2. The van der Waals surface area contributed by atoms with Crippen molar-refractivity contribution in [2.45, 2.75) is 17.7 Å². The molecule has 19 heavy (non-hydrogen) atoms. The number of sulfone groups is 1. The van der Waals surface area contributed by atoms with E-state index in [1.54, 1.807) is 4.90 Å². The third-order valence-electron chi connectivity index (χ3n) is 3.20. The monoisotopic (exact) mass is 299 g/mol. The third kappa shape index (κ3) is 4.24. The van der Waals surface area contributed by atoms with Crippen molar-refractivity contribution in [2.75, 3.05) is 24.6 Å². The lowest BCUT2D eigenvalue weighted by molar-refractivity contribution is -0.130. The van der Waals surface area contributed by atoms with E-state index in [9.17, 15) is 13.2 Å². The van der Waals surface area contributed by atoms with Crippen LogP contribution in [0, 0.1) is 0 Å². The fourth-order valence-electron chi connectivity index (χ4n) is 2.09. The lowest BCUT2D eigenvalue weighted by Gasteiger charge is -2.19. The van der Waals surface area contributed by atoms with Crippen molar-refractivity contribution < 1.29 is 13.2 Å². The highest BCUT2D eigenvalue weighted by Crippen LogP contribution is 2.11. The van der Waals surface area contributed by atoms with Gasteiger partial charge in [-0.2, -0.15) is 0 Å². The Kier molecular flexibility index (Phi) is 4.52.